The molecule has 2 aliphatic carbocycles. The van der Waals surface area contributed by atoms with E-state index in [1.807, 2.05) is 37.3 Å². The lowest BCUT2D eigenvalue weighted by Gasteiger charge is -2.43. The highest BCUT2D eigenvalue weighted by Gasteiger charge is 2.39. The number of aliphatic hydroxyl groups excluding tert-OH is 1. The Bertz CT molecular complexity index is 1470. The molecule has 43 heavy (non-hydrogen) atoms. The van der Waals surface area contributed by atoms with Crippen molar-refractivity contribution in [2.24, 2.45) is 23.7 Å². The SMILES string of the molecule is C[C@@H]1/C=C\C[C@H](O)C2CCC2CN2CCCCc3cc(Cl)ccc3COc3ccc(cc32)C(=O)NS(=O)(=O)[C@H]1CC1CC1. The predicted molar refractivity (Wildman–Crippen MR) is 170 cm³/mol. The molecule has 1 amide bonds. The van der Waals surface area contributed by atoms with E-state index in [0.717, 1.165) is 69.3 Å². The number of hydrogen-bond acceptors (Lipinski definition) is 6. The number of carbonyl (C=O) groups excluding carboxylic acids is 1. The highest BCUT2D eigenvalue weighted by molar-refractivity contribution is 7.90. The standard InChI is InChI=1S/C34H43ClN2O5S/c1-22-5-4-7-31(38)29-14-11-26(29)20-37-16-3-2-6-24-18-28(35)13-10-27(24)21-42-32-15-12-25(19-30(32)37)34(39)36-43(40,41)33(22)17-23-8-9-23/h4-5,10,12-13,15,18-19,22-23,26,29,31,33,38H,2-3,6-9,11,14,16-17,20-21H2,1H3,(H,36,39)/b5-4-/t22-,26?,29?,31+,33+/m1/s1. The van der Waals surface area contributed by atoms with Crippen LogP contribution in [0.15, 0.2) is 48.6 Å². The number of rotatable bonds is 2. The van der Waals surface area contributed by atoms with Crippen LogP contribution in [0.2, 0.25) is 5.02 Å². The number of halogens is 1. The summed E-state index contributed by atoms with van der Waals surface area (Å²) in [6, 6.07) is 11.1. The molecule has 2 N–H and O–H groups in total. The van der Waals surface area contributed by atoms with Crippen molar-refractivity contribution in [3.8, 4) is 5.75 Å². The van der Waals surface area contributed by atoms with E-state index in [0.29, 0.717) is 47.6 Å². The number of aryl methyl sites for hydroxylation is 1. The molecule has 6 rings (SSSR count). The van der Waals surface area contributed by atoms with Crippen molar-refractivity contribution in [3.63, 3.8) is 0 Å². The zero-order chi connectivity index (χ0) is 30.1. The third-order valence-electron chi connectivity index (χ3n) is 9.96. The minimum atomic E-state index is -3.94. The lowest BCUT2D eigenvalue weighted by molar-refractivity contribution is 0.0180. The molecule has 232 valence electrons. The average molecular weight is 627 g/mol. The number of nitrogens with one attached hydrogen (secondary N) is 1. The monoisotopic (exact) mass is 626 g/mol. The van der Waals surface area contributed by atoms with Gasteiger partial charge in [0.25, 0.3) is 5.91 Å². The van der Waals surface area contributed by atoms with Crippen LogP contribution in [0.3, 0.4) is 0 Å². The summed E-state index contributed by atoms with van der Waals surface area (Å²) in [6.07, 6.45) is 11.3. The number of ether oxygens (including phenoxy) is 1. The highest BCUT2D eigenvalue weighted by atomic mass is 35.5. The zero-order valence-corrected chi connectivity index (χ0v) is 26.5. The van der Waals surface area contributed by atoms with Crippen LogP contribution in [0.4, 0.5) is 5.69 Å². The molecule has 2 aromatic rings. The summed E-state index contributed by atoms with van der Waals surface area (Å²) in [5.74, 6) is 0.639. The number of nitrogens with zero attached hydrogens (tertiary/aromatic N) is 1. The second-order valence-corrected chi connectivity index (χ2v) is 15.4. The molecule has 0 aromatic heterocycles. The number of allylic oxidation sites excluding steroid dienone is 1. The summed E-state index contributed by atoms with van der Waals surface area (Å²) in [5.41, 5.74) is 3.35. The van der Waals surface area contributed by atoms with Gasteiger partial charge in [-0.2, -0.15) is 0 Å². The van der Waals surface area contributed by atoms with Crippen LogP contribution in [0.25, 0.3) is 0 Å². The second-order valence-electron chi connectivity index (χ2n) is 13.1. The molecule has 9 heteroatoms. The molecule has 2 heterocycles. The van der Waals surface area contributed by atoms with Crippen LogP contribution in [0.5, 0.6) is 5.75 Å². The van der Waals surface area contributed by atoms with Gasteiger partial charge in [-0.3, -0.25) is 4.79 Å². The van der Waals surface area contributed by atoms with E-state index < -0.39 is 27.3 Å². The Hall–Kier alpha value is -2.55. The zero-order valence-electron chi connectivity index (χ0n) is 24.9. The van der Waals surface area contributed by atoms with Gasteiger partial charge >= 0.3 is 0 Å². The molecular formula is C34H43ClN2O5S. The number of hydrogen-bond donors (Lipinski definition) is 2. The highest BCUT2D eigenvalue weighted by Crippen LogP contribution is 2.42. The van der Waals surface area contributed by atoms with Crippen molar-refractivity contribution in [1.82, 2.24) is 4.72 Å². The van der Waals surface area contributed by atoms with E-state index in [-0.39, 0.29) is 11.8 Å². The van der Waals surface area contributed by atoms with Crippen LogP contribution in [0.1, 0.15) is 79.8 Å². The molecule has 2 aliphatic heterocycles. The number of fused-ring (bicyclic) bond motifs is 3. The number of benzene rings is 2. The Kier molecular flexibility index (Phi) is 9.09. The second kappa shape index (κ2) is 12.8. The predicted octanol–water partition coefficient (Wildman–Crippen LogP) is 6.27. The maximum Gasteiger partial charge on any atom is 0.264 e. The minimum absolute atomic E-state index is 0.180. The molecule has 5 atom stereocenters. The molecule has 2 saturated carbocycles. The third-order valence-corrected chi connectivity index (χ3v) is 12.1. The van der Waals surface area contributed by atoms with E-state index >= 15 is 0 Å². The van der Waals surface area contributed by atoms with Crippen LogP contribution in [-0.2, 0) is 23.1 Å². The Morgan fingerprint density at radius 1 is 1.07 bits per heavy atom. The van der Waals surface area contributed by atoms with Gasteiger partial charge in [-0.05, 0) is 110 Å². The first-order chi connectivity index (χ1) is 20.7. The molecule has 2 bridgehead atoms. The molecule has 0 saturated heterocycles. The number of sulfonamides is 1. The Morgan fingerprint density at radius 2 is 1.91 bits per heavy atom. The van der Waals surface area contributed by atoms with Gasteiger partial charge in [-0.15, -0.1) is 0 Å². The van der Waals surface area contributed by atoms with Gasteiger partial charge in [0.2, 0.25) is 10.0 Å². The third kappa shape index (κ3) is 7.07. The summed E-state index contributed by atoms with van der Waals surface area (Å²) in [4.78, 5) is 15.8. The number of anilines is 1. The summed E-state index contributed by atoms with van der Waals surface area (Å²) < 4.78 is 36.1. The average Bonchev–Trinajstić information content (AvgIpc) is 3.78. The van der Waals surface area contributed by atoms with Gasteiger partial charge in [0.1, 0.15) is 12.4 Å². The first kappa shape index (κ1) is 30.5. The van der Waals surface area contributed by atoms with E-state index in [1.165, 1.54) is 5.56 Å². The van der Waals surface area contributed by atoms with E-state index in [9.17, 15) is 18.3 Å². The van der Waals surface area contributed by atoms with Crippen molar-refractivity contribution < 1.29 is 23.1 Å². The molecule has 0 spiro atoms. The summed E-state index contributed by atoms with van der Waals surface area (Å²) >= 11 is 6.32. The smallest absolute Gasteiger partial charge is 0.264 e. The topological polar surface area (TPSA) is 95.9 Å². The van der Waals surface area contributed by atoms with E-state index in [4.69, 9.17) is 16.3 Å². The van der Waals surface area contributed by atoms with Crippen molar-refractivity contribution in [2.75, 3.05) is 18.0 Å². The fourth-order valence-electron chi connectivity index (χ4n) is 6.99. The van der Waals surface area contributed by atoms with Crippen molar-refractivity contribution in [1.29, 1.82) is 0 Å². The van der Waals surface area contributed by atoms with Gasteiger partial charge in [0, 0.05) is 23.7 Å². The Labute approximate surface area is 260 Å². The summed E-state index contributed by atoms with van der Waals surface area (Å²) in [7, 11) is -3.94. The molecule has 2 unspecified atom stereocenters. The lowest BCUT2D eigenvalue weighted by atomic mass is 9.69. The van der Waals surface area contributed by atoms with Crippen molar-refractivity contribution in [2.45, 2.75) is 82.7 Å². The lowest BCUT2D eigenvalue weighted by Crippen LogP contribution is -2.44. The first-order valence-corrected chi connectivity index (χ1v) is 17.8. The van der Waals surface area contributed by atoms with Crippen molar-refractivity contribution in [3.05, 3.63) is 70.3 Å². The van der Waals surface area contributed by atoms with Crippen molar-refractivity contribution >= 4 is 33.2 Å². The number of amides is 1. The normalized spacial score (nSPS) is 30.3. The van der Waals surface area contributed by atoms with Crippen LogP contribution < -0.4 is 14.4 Å². The van der Waals surface area contributed by atoms with Gasteiger partial charge < -0.3 is 14.7 Å². The number of carbonyl (C=O) groups is 1. The Balaban J connectivity index is 1.37. The van der Waals surface area contributed by atoms with Gasteiger partial charge in [-0.1, -0.05) is 49.6 Å². The molecule has 2 fully saturated rings. The maximum atomic E-state index is 13.6. The molecular weight excluding hydrogens is 584 g/mol. The van der Waals surface area contributed by atoms with Crippen LogP contribution in [-0.4, -0.2) is 43.9 Å². The van der Waals surface area contributed by atoms with Gasteiger partial charge in [-0.25, -0.2) is 13.1 Å². The molecule has 7 nitrogen and oxygen atoms in total. The first-order valence-electron chi connectivity index (χ1n) is 15.9. The molecule has 0 radical (unpaired) electrons. The van der Waals surface area contributed by atoms with Gasteiger partial charge in [0.15, 0.2) is 0 Å². The number of aliphatic hydroxyl groups is 1. The molecule has 4 aliphatic rings. The van der Waals surface area contributed by atoms with Crippen LogP contribution >= 0.6 is 11.6 Å². The fraction of sp³-hybridized carbons (Fsp3) is 0.559. The van der Waals surface area contributed by atoms with E-state index in [1.54, 1.807) is 18.2 Å². The van der Waals surface area contributed by atoms with Gasteiger partial charge in [0.05, 0.1) is 17.0 Å². The maximum absolute atomic E-state index is 13.6. The van der Waals surface area contributed by atoms with Crippen LogP contribution in [0, 0.1) is 23.7 Å². The fourth-order valence-corrected chi connectivity index (χ4v) is 8.90. The minimum Gasteiger partial charge on any atom is -0.487 e. The molecule has 2 aromatic carbocycles. The van der Waals surface area contributed by atoms with E-state index in [2.05, 4.69) is 9.62 Å². The quantitative estimate of drug-likeness (QED) is 0.381. The summed E-state index contributed by atoms with van der Waals surface area (Å²) in [6.45, 7) is 3.76. The Morgan fingerprint density at radius 3 is 2.67 bits per heavy atom. The largest absolute Gasteiger partial charge is 0.487 e. The summed E-state index contributed by atoms with van der Waals surface area (Å²) in [5, 5.41) is 11.2.